The fraction of sp³-hybridized carbons (Fsp3) is 0.333. The Morgan fingerprint density at radius 2 is 2.08 bits per heavy atom. The average Bonchev–Trinajstić information content (AvgIpc) is 2.05. The Hall–Kier alpha value is -0.570. The Balaban J connectivity index is 2.79. The molecule has 0 heterocycles. The predicted octanol–water partition coefficient (Wildman–Crippen LogP) is 1.72. The van der Waals surface area contributed by atoms with Crippen molar-refractivity contribution in [2.24, 2.45) is 5.73 Å². The van der Waals surface area contributed by atoms with Crippen molar-refractivity contribution in [1.82, 2.24) is 0 Å². The van der Waals surface area contributed by atoms with Gasteiger partial charge in [0.15, 0.2) is 0 Å². The van der Waals surface area contributed by atoms with Crippen molar-refractivity contribution >= 4 is 11.6 Å². The van der Waals surface area contributed by atoms with Crippen LogP contribution in [-0.4, -0.2) is 11.7 Å². The summed E-state index contributed by atoms with van der Waals surface area (Å²) in [7, 11) is 0. The molecule has 1 aromatic carbocycles. The minimum Gasteiger partial charge on any atom is -0.396 e. The highest BCUT2D eigenvalue weighted by atomic mass is 35.5. The molecule has 0 fully saturated rings. The van der Waals surface area contributed by atoms with E-state index in [1.165, 1.54) is 0 Å². The maximum Gasteiger partial charge on any atom is 0.0453 e. The third kappa shape index (κ3) is 2.21. The first-order valence-electron chi connectivity index (χ1n) is 3.86. The highest BCUT2D eigenvalue weighted by Crippen LogP contribution is 2.22. The van der Waals surface area contributed by atoms with E-state index in [0.717, 1.165) is 5.56 Å². The Labute approximate surface area is 77.0 Å². The van der Waals surface area contributed by atoms with Crippen LogP contribution in [0.4, 0.5) is 0 Å². The summed E-state index contributed by atoms with van der Waals surface area (Å²) in [5.41, 5.74) is 6.66. The second-order valence-corrected chi connectivity index (χ2v) is 3.05. The second kappa shape index (κ2) is 4.45. The number of nitrogens with two attached hydrogens (primary N) is 1. The van der Waals surface area contributed by atoms with Crippen LogP contribution in [0.25, 0.3) is 0 Å². The highest BCUT2D eigenvalue weighted by Gasteiger charge is 2.07. The lowest BCUT2D eigenvalue weighted by molar-refractivity contribution is 0.276. The van der Waals surface area contributed by atoms with E-state index >= 15 is 0 Å². The molecule has 3 heteroatoms. The molecule has 0 aliphatic heterocycles. The molecular weight excluding hydrogens is 174 g/mol. The smallest absolute Gasteiger partial charge is 0.0453 e. The molecule has 0 aromatic heterocycles. The molecule has 1 rings (SSSR count). The molecule has 0 aliphatic carbocycles. The van der Waals surface area contributed by atoms with Gasteiger partial charge in [-0.1, -0.05) is 29.8 Å². The minimum atomic E-state index is -0.163. The average molecular weight is 186 g/mol. The summed E-state index contributed by atoms with van der Waals surface area (Å²) in [5, 5.41) is 9.33. The first kappa shape index (κ1) is 9.52. The van der Waals surface area contributed by atoms with Gasteiger partial charge in [0.1, 0.15) is 0 Å². The van der Waals surface area contributed by atoms with Crippen LogP contribution >= 0.6 is 11.6 Å². The molecule has 1 unspecified atom stereocenters. The van der Waals surface area contributed by atoms with E-state index in [2.05, 4.69) is 0 Å². The van der Waals surface area contributed by atoms with Crippen LogP contribution < -0.4 is 5.73 Å². The fourth-order valence-corrected chi connectivity index (χ4v) is 1.35. The van der Waals surface area contributed by atoms with Gasteiger partial charge in [0.2, 0.25) is 0 Å². The minimum absolute atomic E-state index is 0.0897. The lowest BCUT2D eigenvalue weighted by Crippen LogP contribution is -2.12. The molecule has 0 spiro atoms. The van der Waals surface area contributed by atoms with E-state index < -0.39 is 0 Å². The number of halogens is 1. The maximum absolute atomic E-state index is 8.67. The van der Waals surface area contributed by atoms with E-state index in [-0.39, 0.29) is 12.6 Å². The molecule has 2 nitrogen and oxygen atoms in total. The monoisotopic (exact) mass is 185 g/mol. The van der Waals surface area contributed by atoms with E-state index in [9.17, 15) is 0 Å². The Morgan fingerprint density at radius 3 is 2.67 bits per heavy atom. The molecule has 0 bridgehead atoms. The fourth-order valence-electron chi connectivity index (χ4n) is 1.07. The summed E-state index contributed by atoms with van der Waals surface area (Å²) in [5.74, 6) is 0. The van der Waals surface area contributed by atoms with Crippen LogP contribution in [0, 0.1) is 0 Å². The Morgan fingerprint density at radius 1 is 1.42 bits per heavy atom. The van der Waals surface area contributed by atoms with Gasteiger partial charge in [-0.3, -0.25) is 0 Å². The Kier molecular flexibility index (Phi) is 3.53. The van der Waals surface area contributed by atoms with Gasteiger partial charge < -0.3 is 10.8 Å². The van der Waals surface area contributed by atoms with Gasteiger partial charge in [-0.05, 0) is 18.1 Å². The zero-order valence-electron chi connectivity index (χ0n) is 6.70. The molecule has 0 radical (unpaired) electrons. The topological polar surface area (TPSA) is 46.2 Å². The number of aliphatic hydroxyl groups is 1. The van der Waals surface area contributed by atoms with E-state index in [4.69, 9.17) is 22.4 Å². The molecule has 12 heavy (non-hydrogen) atoms. The number of hydrogen-bond donors (Lipinski definition) is 2. The van der Waals surface area contributed by atoms with Crippen molar-refractivity contribution < 1.29 is 5.11 Å². The van der Waals surface area contributed by atoms with Gasteiger partial charge in [-0.2, -0.15) is 0 Å². The van der Waals surface area contributed by atoms with E-state index in [1.54, 1.807) is 6.07 Å². The molecule has 1 aromatic rings. The number of aliphatic hydroxyl groups excluding tert-OH is 1. The van der Waals surface area contributed by atoms with Crippen LogP contribution in [0.5, 0.6) is 0 Å². The molecule has 3 N–H and O–H groups in total. The molecule has 1 atom stereocenters. The van der Waals surface area contributed by atoms with Gasteiger partial charge in [0, 0.05) is 17.7 Å². The van der Waals surface area contributed by atoms with Crippen molar-refractivity contribution in [2.75, 3.05) is 6.61 Å². The van der Waals surface area contributed by atoms with E-state index in [0.29, 0.717) is 11.4 Å². The lowest BCUT2D eigenvalue weighted by atomic mass is 10.1. The van der Waals surface area contributed by atoms with Crippen LogP contribution in [0.15, 0.2) is 24.3 Å². The van der Waals surface area contributed by atoms with Crippen molar-refractivity contribution in [3.05, 3.63) is 34.9 Å². The standard InChI is InChI=1S/C9H12ClNO/c10-8-4-2-1-3-7(8)9(11)5-6-12/h1-4,9,12H,5-6,11H2. The number of rotatable bonds is 3. The van der Waals surface area contributed by atoms with Crippen LogP contribution in [0.1, 0.15) is 18.0 Å². The number of benzene rings is 1. The molecular formula is C9H12ClNO. The van der Waals surface area contributed by atoms with Gasteiger partial charge in [-0.15, -0.1) is 0 Å². The quantitative estimate of drug-likeness (QED) is 0.754. The summed E-state index contributed by atoms with van der Waals surface area (Å²) in [6.45, 7) is 0.0897. The lowest BCUT2D eigenvalue weighted by Gasteiger charge is -2.11. The van der Waals surface area contributed by atoms with Crippen LogP contribution in [0.3, 0.4) is 0 Å². The van der Waals surface area contributed by atoms with Gasteiger partial charge in [0.05, 0.1) is 0 Å². The molecule has 0 saturated carbocycles. The van der Waals surface area contributed by atoms with Crippen molar-refractivity contribution in [3.8, 4) is 0 Å². The second-order valence-electron chi connectivity index (χ2n) is 2.64. The largest absolute Gasteiger partial charge is 0.396 e. The highest BCUT2D eigenvalue weighted by molar-refractivity contribution is 6.31. The number of hydrogen-bond acceptors (Lipinski definition) is 2. The molecule has 0 aliphatic rings. The van der Waals surface area contributed by atoms with E-state index in [1.807, 2.05) is 18.2 Å². The predicted molar refractivity (Wildman–Crippen MR) is 50.1 cm³/mol. The Bertz CT molecular complexity index is 252. The van der Waals surface area contributed by atoms with Gasteiger partial charge in [-0.25, -0.2) is 0 Å². The third-order valence-electron chi connectivity index (χ3n) is 1.74. The van der Waals surface area contributed by atoms with Gasteiger partial charge >= 0.3 is 0 Å². The zero-order valence-corrected chi connectivity index (χ0v) is 7.46. The van der Waals surface area contributed by atoms with Gasteiger partial charge in [0.25, 0.3) is 0 Å². The SMILES string of the molecule is NC(CCO)c1ccccc1Cl. The molecule has 0 amide bonds. The summed E-state index contributed by atoms with van der Waals surface area (Å²) < 4.78 is 0. The summed E-state index contributed by atoms with van der Waals surface area (Å²) in [6.07, 6.45) is 0.545. The molecule has 0 saturated heterocycles. The van der Waals surface area contributed by atoms with Crippen molar-refractivity contribution in [2.45, 2.75) is 12.5 Å². The van der Waals surface area contributed by atoms with Crippen molar-refractivity contribution in [1.29, 1.82) is 0 Å². The first-order chi connectivity index (χ1) is 5.75. The van der Waals surface area contributed by atoms with Crippen molar-refractivity contribution in [3.63, 3.8) is 0 Å². The third-order valence-corrected chi connectivity index (χ3v) is 2.09. The normalized spacial score (nSPS) is 12.9. The summed E-state index contributed by atoms with van der Waals surface area (Å²) in [6, 6.07) is 7.26. The van der Waals surface area contributed by atoms with Crippen LogP contribution in [0.2, 0.25) is 5.02 Å². The van der Waals surface area contributed by atoms with Crippen LogP contribution in [-0.2, 0) is 0 Å². The summed E-state index contributed by atoms with van der Waals surface area (Å²) in [4.78, 5) is 0. The summed E-state index contributed by atoms with van der Waals surface area (Å²) >= 11 is 5.89. The zero-order chi connectivity index (χ0) is 8.97. The maximum atomic E-state index is 8.67. The first-order valence-corrected chi connectivity index (χ1v) is 4.24. The molecule has 66 valence electrons.